The van der Waals surface area contributed by atoms with E-state index in [0.29, 0.717) is 0 Å². The topological polar surface area (TPSA) is 32.3 Å². The fraction of sp³-hybridized carbons (Fsp3) is 1.00. The van der Waals surface area contributed by atoms with Gasteiger partial charge in [-0.2, -0.15) is 0 Å². The van der Waals surface area contributed by atoms with E-state index in [1.807, 2.05) is 0 Å². The van der Waals surface area contributed by atoms with E-state index in [4.69, 9.17) is 0 Å². The summed E-state index contributed by atoms with van der Waals surface area (Å²) in [4.78, 5) is 0. The van der Waals surface area contributed by atoms with Gasteiger partial charge in [0, 0.05) is 12.1 Å². The van der Waals surface area contributed by atoms with Crippen molar-refractivity contribution in [3.63, 3.8) is 0 Å². The smallest absolute Gasteiger partial charge is 0.0664 e. The van der Waals surface area contributed by atoms with Crippen LogP contribution in [-0.4, -0.2) is 23.3 Å². The summed E-state index contributed by atoms with van der Waals surface area (Å²) in [7, 11) is 0. The molecular weight excluding hydrogens is 210 g/mol. The van der Waals surface area contributed by atoms with E-state index < -0.39 is 0 Å². The molecule has 0 saturated carbocycles. The number of hydrogen-bond acceptors (Lipinski definition) is 2. The number of aliphatic hydroxyl groups is 1. The first kappa shape index (κ1) is 16.9. The lowest BCUT2D eigenvalue weighted by molar-refractivity contribution is 0.148. The van der Waals surface area contributed by atoms with Crippen molar-refractivity contribution in [3.8, 4) is 0 Å². The highest BCUT2D eigenvalue weighted by Gasteiger charge is 2.11. The molecule has 0 spiro atoms. The van der Waals surface area contributed by atoms with Crippen LogP contribution < -0.4 is 5.32 Å². The fourth-order valence-corrected chi connectivity index (χ4v) is 1.86. The number of aliphatic hydroxyl groups excluding tert-OH is 1. The average molecular weight is 243 g/mol. The molecule has 2 heteroatoms. The molecule has 0 bridgehead atoms. The van der Waals surface area contributed by atoms with Gasteiger partial charge in [-0.05, 0) is 27.2 Å². The van der Waals surface area contributed by atoms with Crippen molar-refractivity contribution in [1.29, 1.82) is 0 Å². The normalized spacial score (nSPS) is 13.9. The molecule has 0 saturated heterocycles. The first-order valence-electron chi connectivity index (χ1n) is 7.39. The van der Waals surface area contributed by atoms with Gasteiger partial charge < -0.3 is 10.4 Å². The van der Waals surface area contributed by atoms with E-state index in [2.05, 4.69) is 33.0 Å². The second kappa shape index (κ2) is 9.90. The van der Waals surface area contributed by atoms with Gasteiger partial charge in [-0.25, -0.2) is 0 Å². The van der Waals surface area contributed by atoms with Crippen molar-refractivity contribution in [2.24, 2.45) is 0 Å². The molecule has 1 atom stereocenters. The summed E-state index contributed by atoms with van der Waals surface area (Å²) in [5, 5.41) is 13.1. The number of hydrogen-bond donors (Lipinski definition) is 2. The molecule has 0 aliphatic heterocycles. The van der Waals surface area contributed by atoms with Crippen LogP contribution in [0.3, 0.4) is 0 Å². The molecule has 0 fully saturated rings. The third kappa shape index (κ3) is 13.9. The molecule has 0 aromatic carbocycles. The monoisotopic (exact) mass is 243 g/mol. The summed E-state index contributed by atoms with van der Waals surface area (Å²) in [5.74, 6) is 0. The van der Waals surface area contributed by atoms with Gasteiger partial charge in [0.1, 0.15) is 0 Å². The van der Waals surface area contributed by atoms with Crippen molar-refractivity contribution in [1.82, 2.24) is 5.32 Å². The summed E-state index contributed by atoms with van der Waals surface area (Å²) in [5.41, 5.74) is 0.112. The first-order valence-corrected chi connectivity index (χ1v) is 7.39. The number of rotatable bonds is 10. The van der Waals surface area contributed by atoms with Crippen molar-refractivity contribution in [3.05, 3.63) is 0 Å². The molecule has 0 aliphatic carbocycles. The zero-order valence-electron chi connectivity index (χ0n) is 12.4. The first-order chi connectivity index (χ1) is 7.95. The van der Waals surface area contributed by atoms with Crippen LogP contribution in [0.4, 0.5) is 0 Å². The second-order valence-electron chi connectivity index (χ2n) is 6.19. The lowest BCUT2D eigenvalue weighted by Gasteiger charge is -2.22. The Morgan fingerprint density at radius 2 is 1.47 bits per heavy atom. The van der Waals surface area contributed by atoms with Crippen LogP contribution in [-0.2, 0) is 0 Å². The Kier molecular flexibility index (Phi) is 9.85. The molecule has 0 aromatic rings. The summed E-state index contributed by atoms with van der Waals surface area (Å²) in [6, 6.07) is 0. The van der Waals surface area contributed by atoms with Gasteiger partial charge in [0.2, 0.25) is 0 Å². The maximum atomic E-state index is 9.79. The van der Waals surface area contributed by atoms with Crippen LogP contribution in [0.2, 0.25) is 0 Å². The van der Waals surface area contributed by atoms with Crippen LogP contribution in [0.25, 0.3) is 0 Å². The van der Waals surface area contributed by atoms with Gasteiger partial charge in [0.05, 0.1) is 6.10 Å². The SMILES string of the molecule is CCCCCCCCCC(O)CNC(C)(C)C. The molecule has 0 aromatic heterocycles. The molecule has 2 N–H and O–H groups in total. The molecule has 0 heterocycles. The highest BCUT2D eigenvalue weighted by molar-refractivity contribution is 4.72. The predicted octanol–water partition coefficient (Wildman–Crippen LogP) is 3.88. The van der Waals surface area contributed by atoms with Crippen molar-refractivity contribution in [2.45, 2.75) is 90.7 Å². The van der Waals surface area contributed by atoms with Gasteiger partial charge in [-0.15, -0.1) is 0 Å². The van der Waals surface area contributed by atoms with Crippen LogP contribution in [0.5, 0.6) is 0 Å². The molecule has 2 nitrogen and oxygen atoms in total. The van der Waals surface area contributed by atoms with Gasteiger partial charge in [0.15, 0.2) is 0 Å². The fourth-order valence-electron chi connectivity index (χ4n) is 1.86. The van der Waals surface area contributed by atoms with Crippen molar-refractivity contribution < 1.29 is 5.11 Å². The second-order valence-corrected chi connectivity index (χ2v) is 6.19. The van der Waals surface area contributed by atoms with Gasteiger partial charge in [-0.3, -0.25) is 0 Å². The average Bonchev–Trinajstić information content (AvgIpc) is 2.24. The third-order valence-electron chi connectivity index (χ3n) is 3.01. The lowest BCUT2D eigenvalue weighted by atomic mass is 10.0. The van der Waals surface area contributed by atoms with Crippen LogP contribution in [0, 0.1) is 0 Å². The minimum absolute atomic E-state index is 0.112. The maximum absolute atomic E-state index is 9.79. The Hall–Kier alpha value is -0.0800. The van der Waals surface area contributed by atoms with E-state index >= 15 is 0 Å². The van der Waals surface area contributed by atoms with Crippen LogP contribution >= 0.6 is 0 Å². The predicted molar refractivity (Wildman–Crippen MR) is 76.4 cm³/mol. The Balaban J connectivity index is 3.25. The van der Waals surface area contributed by atoms with Gasteiger partial charge in [-0.1, -0.05) is 51.9 Å². The number of nitrogens with one attached hydrogen (secondary N) is 1. The minimum atomic E-state index is -0.176. The molecule has 104 valence electrons. The van der Waals surface area contributed by atoms with Crippen molar-refractivity contribution in [2.75, 3.05) is 6.54 Å². The highest BCUT2D eigenvalue weighted by Crippen LogP contribution is 2.10. The molecule has 0 radical (unpaired) electrons. The maximum Gasteiger partial charge on any atom is 0.0664 e. The van der Waals surface area contributed by atoms with E-state index in [0.717, 1.165) is 13.0 Å². The summed E-state index contributed by atoms with van der Waals surface area (Å²) in [6.45, 7) is 9.37. The van der Waals surface area contributed by atoms with Crippen LogP contribution in [0.1, 0.15) is 79.1 Å². The molecule has 1 unspecified atom stereocenters. The van der Waals surface area contributed by atoms with Crippen molar-refractivity contribution >= 4 is 0 Å². The molecule has 0 amide bonds. The van der Waals surface area contributed by atoms with Gasteiger partial charge >= 0.3 is 0 Å². The highest BCUT2D eigenvalue weighted by atomic mass is 16.3. The molecule has 0 aliphatic rings. The van der Waals surface area contributed by atoms with Gasteiger partial charge in [0.25, 0.3) is 0 Å². The minimum Gasteiger partial charge on any atom is -0.392 e. The lowest BCUT2D eigenvalue weighted by Crippen LogP contribution is -2.40. The molecule has 17 heavy (non-hydrogen) atoms. The molecule has 0 rings (SSSR count). The third-order valence-corrected chi connectivity index (χ3v) is 3.01. The van der Waals surface area contributed by atoms with E-state index in [1.165, 1.54) is 44.9 Å². The number of β-amino-alcohol motifs (C(OH)–C–C–N with tert-alkyl or cyclic N) is 1. The number of unbranched alkanes of at least 4 members (excludes halogenated alkanes) is 6. The largest absolute Gasteiger partial charge is 0.392 e. The Labute approximate surface area is 108 Å². The summed E-state index contributed by atoms with van der Waals surface area (Å²) < 4.78 is 0. The Bertz CT molecular complexity index is 163. The van der Waals surface area contributed by atoms with E-state index in [9.17, 15) is 5.11 Å². The van der Waals surface area contributed by atoms with Crippen LogP contribution in [0.15, 0.2) is 0 Å². The van der Waals surface area contributed by atoms with E-state index in [-0.39, 0.29) is 11.6 Å². The summed E-state index contributed by atoms with van der Waals surface area (Å²) >= 11 is 0. The Morgan fingerprint density at radius 1 is 0.941 bits per heavy atom. The summed E-state index contributed by atoms with van der Waals surface area (Å²) in [6.07, 6.45) is 9.97. The standard InChI is InChI=1S/C15H33NO/c1-5-6-7-8-9-10-11-12-14(17)13-16-15(2,3)4/h14,16-17H,5-13H2,1-4H3. The van der Waals surface area contributed by atoms with E-state index in [1.54, 1.807) is 0 Å². The zero-order valence-corrected chi connectivity index (χ0v) is 12.4. The quantitative estimate of drug-likeness (QED) is 0.571. The molecular formula is C15H33NO. The zero-order chi connectivity index (χ0) is 13.1. The Morgan fingerprint density at radius 3 is 2.00 bits per heavy atom.